The highest BCUT2D eigenvalue weighted by Gasteiger charge is 2.29. The van der Waals surface area contributed by atoms with Crippen molar-refractivity contribution in [3.05, 3.63) is 112 Å². The fourth-order valence-electron chi connectivity index (χ4n) is 5.00. The van der Waals surface area contributed by atoms with E-state index >= 15 is 0 Å². The fraction of sp³-hybridized carbons (Fsp3) is 0.276. The molecule has 1 fully saturated rings. The number of ether oxygens (including phenoxy) is 1. The molecule has 0 spiro atoms. The summed E-state index contributed by atoms with van der Waals surface area (Å²) in [6.07, 6.45) is 4.80. The van der Waals surface area contributed by atoms with Gasteiger partial charge in [-0.2, -0.15) is 0 Å². The third-order valence-corrected chi connectivity index (χ3v) is 7.50. The zero-order valence-electron chi connectivity index (χ0n) is 20.1. The van der Waals surface area contributed by atoms with E-state index in [0.717, 1.165) is 59.9 Å². The van der Waals surface area contributed by atoms with Crippen LogP contribution >= 0.6 is 15.9 Å². The minimum Gasteiger partial charge on any atom is -0.473 e. The van der Waals surface area contributed by atoms with Crippen LogP contribution in [-0.2, 0) is 22.6 Å². The predicted molar refractivity (Wildman–Crippen MR) is 145 cm³/mol. The maximum absolute atomic E-state index is 6.18. The molecule has 2 aromatic carbocycles. The summed E-state index contributed by atoms with van der Waals surface area (Å²) in [6.45, 7) is 5.83. The molecule has 2 aliphatic heterocycles. The summed E-state index contributed by atoms with van der Waals surface area (Å²) in [5.41, 5.74) is 6.95. The fourth-order valence-corrected chi connectivity index (χ4v) is 5.26. The Bertz CT molecular complexity index is 1270. The Hall–Kier alpha value is -3.13. The van der Waals surface area contributed by atoms with E-state index in [1.807, 2.05) is 35.5 Å². The van der Waals surface area contributed by atoms with Crippen LogP contribution in [0.2, 0.25) is 0 Å². The van der Waals surface area contributed by atoms with Gasteiger partial charge in [0.1, 0.15) is 18.1 Å². The van der Waals surface area contributed by atoms with Gasteiger partial charge in [-0.05, 0) is 47.5 Å². The molecule has 0 amide bonds. The molecule has 0 atom stereocenters. The van der Waals surface area contributed by atoms with Gasteiger partial charge in [0.05, 0.1) is 12.1 Å². The van der Waals surface area contributed by atoms with E-state index in [2.05, 4.69) is 74.3 Å². The molecule has 0 radical (unpaired) electrons. The van der Waals surface area contributed by atoms with E-state index in [9.17, 15) is 0 Å². The Morgan fingerprint density at radius 2 is 1.72 bits per heavy atom. The van der Waals surface area contributed by atoms with Gasteiger partial charge in [-0.15, -0.1) is 0 Å². The third kappa shape index (κ3) is 5.05. The number of halogens is 1. The van der Waals surface area contributed by atoms with Gasteiger partial charge < -0.3 is 9.64 Å². The first-order chi connectivity index (χ1) is 17.7. The number of piperazine rings is 1. The van der Waals surface area contributed by atoms with Crippen molar-refractivity contribution in [3.8, 4) is 0 Å². The van der Waals surface area contributed by atoms with Crippen molar-refractivity contribution >= 4 is 27.2 Å². The molecule has 3 aliphatic rings. The molecule has 1 aliphatic carbocycles. The third-order valence-electron chi connectivity index (χ3n) is 6.97. The van der Waals surface area contributed by atoms with Crippen molar-refractivity contribution in [2.24, 2.45) is 0 Å². The molecule has 1 saturated heterocycles. The first-order valence-electron chi connectivity index (χ1n) is 12.4. The molecule has 0 saturated carbocycles. The second kappa shape index (κ2) is 10.5. The van der Waals surface area contributed by atoms with E-state index in [-0.39, 0.29) is 0 Å². The molecular weight excluding hydrogens is 516 g/mol. The molecule has 1 aromatic heterocycles. The van der Waals surface area contributed by atoms with Gasteiger partial charge >= 0.3 is 0 Å². The second-order valence-electron chi connectivity index (χ2n) is 9.30. The molecule has 3 heterocycles. The Morgan fingerprint density at radius 3 is 2.53 bits per heavy atom. The molecule has 7 heteroatoms. The van der Waals surface area contributed by atoms with Crippen LogP contribution in [0.15, 0.2) is 94.9 Å². The molecule has 184 valence electrons. The van der Waals surface area contributed by atoms with E-state index in [4.69, 9.17) is 14.6 Å². The number of rotatable bonds is 6. The van der Waals surface area contributed by atoms with Crippen LogP contribution in [-0.4, -0.2) is 54.4 Å². The maximum atomic E-state index is 6.18. The lowest BCUT2D eigenvalue weighted by Gasteiger charge is -2.36. The number of hydrogen-bond donors (Lipinski definition) is 0. The van der Waals surface area contributed by atoms with Crippen molar-refractivity contribution in [3.63, 3.8) is 0 Å². The molecule has 0 N–H and O–H groups in total. The number of nitrogens with zero attached hydrogens (tertiary/aromatic N) is 4. The van der Waals surface area contributed by atoms with Gasteiger partial charge in [-0.3, -0.25) is 14.7 Å². The van der Waals surface area contributed by atoms with E-state index in [1.54, 1.807) is 0 Å². The highest BCUT2D eigenvalue weighted by molar-refractivity contribution is 9.10. The number of fused-ring (bicyclic) bond motifs is 1. The average Bonchev–Trinajstić information content (AvgIpc) is 3.22. The van der Waals surface area contributed by atoms with Gasteiger partial charge in [-0.1, -0.05) is 52.3 Å². The second-order valence-corrected chi connectivity index (χ2v) is 10.2. The number of benzene rings is 2. The van der Waals surface area contributed by atoms with Crippen molar-refractivity contribution in [2.45, 2.75) is 13.0 Å². The van der Waals surface area contributed by atoms with Gasteiger partial charge in [-0.25, -0.2) is 5.06 Å². The number of hydroxylamine groups is 2. The number of pyridine rings is 1. The van der Waals surface area contributed by atoms with E-state index < -0.39 is 0 Å². The maximum Gasteiger partial charge on any atom is 0.184 e. The average molecular weight is 545 g/mol. The topological polar surface area (TPSA) is 41.1 Å². The van der Waals surface area contributed by atoms with Gasteiger partial charge in [0.2, 0.25) is 0 Å². The first-order valence-corrected chi connectivity index (χ1v) is 13.2. The Labute approximate surface area is 220 Å². The summed E-state index contributed by atoms with van der Waals surface area (Å²) in [6, 6.07) is 23.1. The van der Waals surface area contributed by atoms with E-state index in [1.165, 1.54) is 16.8 Å². The standard InChI is InChI=1S/C29H29BrN4O2/c30-24-8-10-25(11-9-24)33-15-13-32(14-16-33)19-23-17-28-29(18-27-26(23)7-4-12-31-27)35-21-34(28)36-20-22-5-2-1-3-6-22/h1-12,17H,13-16,18-21H2. The first kappa shape index (κ1) is 23.3. The summed E-state index contributed by atoms with van der Waals surface area (Å²) in [5.74, 6) is 0.929. The lowest BCUT2D eigenvalue weighted by Crippen LogP contribution is -2.46. The quantitative estimate of drug-likeness (QED) is 0.422. The van der Waals surface area contributed by atoms with Crippen molar-refractivity contribution in [1.82, 2.24) is 14.9 Å². The van der Waals surface area contributed by atoms with Crippen LogP contribution in [0, 0.1) is 0 Å². The van der Waals surface area contributed by atoms with Crippen LogP contribution in [0.25, 0.3) is 5.57 Å². The predicted octanol–water partition coefficient (Wildman–Crippen LogP) is 5.24. The largest absolute Gasteiger partial charge is 0.473 e. The molecular formula is C29H29BrN4O2. The number of aromatic nitrogens is 1. The number of allylic oxidation sites excluding steroid dienone is 2. The number of hydrogen-bond acceptors (Lipinski definition) is 6. The highest BCUT2D eigenvalue weighted by atomic mass is 79.9. The smallest absolute Gasteiger partial charge is 0.184 e. The summed E-state index contributed by atoms with van der Waals surface area (Å²) in [7, 11) is 0. The van der Waals surface area contributed by atoms with Crippen LogP contribution < -0.4 is 4.90 Å². The molecule has 6 nitrogen and oxygen atoms in total. The van der Waals surface area contributed by atoms with Crippen LogP contribution in [0.4, 0.5) is 5.69 Å². The summed E-state index contributed by atoms with van der Waals surface area (Å²) in [4.78, 5) is 15.9. The van der Waals surface area contributed by atoms with Crippen LogP contribution in [0.5, 0.6) is 0 Å². The Kier molecular flexibility index (Phi) is 6.77. The highest BCUT2D eigenvalue weighted by Crippen LogP contribution is 2.34. The zero-order valence-corrected chi connectivity index (χ0v) is 21.7. The zero-order chi connectivity index (χ0) is 24.3. The normalized spacial score (nSPS) is 17.9. The van der Waals surface area contributed by atoms with Crippen molar-refractivity contribution in [1.29, 1.82) is 0 Å². The van der Waals surface area contributed by atoms with Gasteiger partial charge in [0.25, 0.3) is 0 Å². The Balaban J connectivity index is 1.19. The van der Waals surface area contributed by atoms with Crippen LogP contribution in [0.1, 0.15) is 16.8 Å². The molecule has 0 bridgehead atoms. The minimum atomic E-state index is 0.398. The molecule has 0 unspecified atom stereocenters. The summed E-state index contributed by atoms with van der Waals surface area (Å²) in [5, 5.41) is 1.89. The lowest BCUT2D eigenvalue weighted by molar-refractivity contribution is -0.161. The SMILES string of the molecule is Brc1ccc(N2CCN(CC3=CC4=C(Cc5ncccc53)OCN4OCc3ccccc3)CC2)cc1. The number of anilines is 1. The van der Waals surface area contributed by atoms with Gasteiger partial charge in [0.15, 0.2) is 6.73 Å². The Morgan fingerprint density at radius 1 is 0.917 bits per heavy atom. The van der Waals surface area contributed by atoms with Crippen molar-refractivity contribution < 1.29 is 9.57 Å². The van der Waals surface area contributed by atoms with Gasteiger partial charge in [0, 0.05) is 54.6 Å². The van der Waals surface area contributed by atoms with Crippen LogP contribution in [0.3, 0.4) is 0 Å². The summed E-state index contributed by atoms with van der Waals surface area (Å²) >= 11 is 3.54. The molecule has 6 rings (SSSR count). The summed E-state index contributed by atoms with van der Waals surface area (Å²) < 4.78 is 7.19. The van der Waals surface area contributed by atoms with Crippen molar-refractivity contribution in [2.75, 3.05) is 44.4 Å². The van der Waals surface area contributed by atoms with E-state index in [0.29, 0.717) is 19.8 Å². The minimum absolute atomic E-state index is 0.398. The lowest BCUT2D eigenvalue weighted by atomic mass is 10.0. The molecule has 3 aromatic rings. The molecule has 36 heavy (non-hydrogen) atoms. The monoisotopic (exact) mass is 544 g/mol.